The molecule has 1 aromatic carbocycles. The molecule has 0 aliphatic carbocycles. The van der Waals surface area contributed by atoms with E-state index in [4.69, 9.17) is 4.42 Å². The van der Waals surface area contributed by atoms with E-state index in [0.717, 1.165) is 6.26 Å². The van der Waals surface area contributed by atoms with Crippen LogP contribution in [0.4, 0.5) is 17.1 Å². The lowest BCUT2D eigenvalue weighted by atomic mass is 10.2. The quantitative estimate of drug-likeness (QED) is 0.346. The third-order valence-electron chi connectivity index (χ3n) is 2.56. The highest BCUT2D eigenvalue weighted by Gasteiger charge is 2.34. The molecular weight excluding hydrogens is 318 g/mol. The minimum absolute atomic E-state index is 0.355. The Bertz CT molecular complexity index is 777. The largest absolute Gasteiger partial charge is 0.457 e. The van der Waals surface area contributed by atoms with Gasteiger partial charge in [-0.15, -0.1) is 0 Å². The normalized spacial score (nSPS) is 10.1. The van der Waals surface area contributed by atoms with E-state index in [1.165, 1.54) is 12.1 Å². The summed E-state index contributed by atoms with van der Waals surface area (Å²) in [6.07, 6.45) is 1.12. The van der Waals surface area contributed by atoms with Crippen LogP contribution in [0.1, 0.15) is 10.6 Å². The lowest BCUT2D eigenvalue weighted by molar-refractivity contribution is -0.404. The van der Waals surface area contributed by atoms with Crippen LogP contribution >= 0.6 is 0 Å². The van der Waals surface area contributed by atoms with Crippen LogP contribution in [0.15, 0.2) is 34.9 Å². The van der Waals surface area contributed by atoms with Gasteiger partial charge in [-0.25, -0.2) is 4.79 Å². The second-order valence-electron chi connectivity index (χ2n) is 3.95. The SMILES string of the molecule is O=C(Oc1c([N+](=O)[O-])cc([N+](=O)[O-])cc1[N+](=O)[O-])c1ccco1. The van der Waals surface area contributed by atoms with Crippen LogP contribution in [0.25, 0.3) is 0 Å². The van der Waals surface area contributed by atoms with Crippen molar-refractivity contribution < 1.29 is 28.7 Å². The van der Waals surface area contributed by atoms with Crippen molar-refractivity contribution in [3.05, 3.63) is 66.6 Å². The Morgan fingerprint density at radius 2 is 1.57 bits per heavy atom. The highest BCUT2D eigenvalue weighted by Crippen LogP contribution is 2.40. The number of nitro groups is 3. The summed E-state index contributed by atoms with van der Waals surface area (Å²) >= 11 is 0. The monoisotopic (exact) mass is 323 g/mol. The number of hydrogen-bond donors (Lipinski definition) is 0. The van der Waals surface area contributed by atoms with Crippen LogP contribution in [-0.2, 0) is 0 Å². The van der Waals surface area contributed by atoms with Gasteiger partial charge < -0.3 is 9.15 Å². The van der Waals surface area contributed by atoms with Gasteiger partial charge >= 0.3 is 17.3 Å². The van der Waals surface area contributed by atoms with Crippen molar-refractivity contribution in [2.45, 2.75) is 0 Å². The first-order valence-electron chi connectivity index (χ1n) is 5.68. The molecule has 0 aliphatic heterocycles. The number of carbonyl (C=O) groups is 1. The fourth-order valence-corrected chi connectivity index (χ4v) is 1.60. The molecule has 0 unspecified atom stereocenters. The fraction of sp³-hybridized carbons (Fsp3) is 0. The van der Waals surface area contributed by atoms with Gasteiger partial charge in [0.05, 0.1) is 33.2 Å². The molecule has 12 nitrogen and oxygen atoms in total. The minimum atomic E-state index is -1.23. The van der Waals surface area contributed by atoms with Crippen molar-refractivity contribution in [1.82, 2.24) is 0 Å². The third kappa shape index (κ3) is 3.10. The molecule has 1 aromatic heterocycles. The number of furan rings is 1. The molecule has 23 heavy (non-hydrogen) atoms. The summed E-state index contributed by atoms with van der Waals surface area (Å²) < 4.78 is 9.35. The van der Waals surface area contributed by atoms with Crippen molar-refractivity contribution in [2.24, 2.45) is 0 Å². The van der Waals surface area contributed by atoms with Crippen LogP contribution in [0.3, 0.4) is 0 Å². The van der Waals surface area contributed by atoms with Gasteiger partial charge in [0.2, 0.25) is 5.76 Å². The summed E-state index contributed by atoms with van der Waals surface area (Å²) in [6.45, 7) is 0. The lowest BCUT2D eigenvalue weighted by Crippen LogP contribution is -2.11. The summed E-state index contributed by atoms with van der Waals surface area (Å²) in [7, 11) is 0. The maximum atomic E-state index is 11.7. The number of rotatable bonds is 5. The predicted octanol–water partition coefficient (Wildman–Crippen LogP) is 2.22. The molecule has 1 heterocycles. The Labute approximate surface area is 125 Å². The molecule has 0 aliphatic rings. The number of esters is 1. The van der Waals surface area contributed by atoms with Gasteiger partial charge in [-0.1, -0.05) is 0 Å². The smallest absolute Gasteiger partial charge is 0.380 e. The molecule has 0 radical (unpaired) electrons. The Morgan fingerprint density at radius 1 is 1.00 bits per heavy atom. The highest BCUT2D eigenvalue weighted by atomic mass is 16.6. The van der Waals surface area contributed by atoms with Crippen LogP contribution < -0.4 is 4.74 Å². The molecule has 118 valence electrons. The first kappa shape index (κ1) is 15.6. The molecule has 0 saturated heterocycles. The van der Waals surface area contributed by atoms with Crippen molar-refractivity contribution >= 4 is 23.0 Å². The summed E-state index contributed by atoms with van der Waals surface area (Å²) in [5.74, 6) is -2.60. The lowest BCUT2D eigenvalue weighted by Gasteiger charge is -2.04. The zero-order chi connectivity index (χ0) is 17.1. The summed E-state index contributed by atoms with van der Waals surface area (Å²) in [5, 5.41) is 32.7. The fourth-order valence-electron chi connectivity index (χ4n) is 1.60. The number of hydrogen-bond acceptors (Lipinski definition) is 9. The number of non-ortho nitro benzene ring substituents is 1. The zero-order valence-electron chi connectivity index (χ0n) is 10.9. The van der Waals surface area contributed by atoms with Gasteiger partial charge in [0.25, 0.3) is 11.4 Å². The second kappa shape index (κ2) is 5.88. The molecule has 0 N–H and O–H groups in total. The molecule has 2 aromatic rings. The molecule has 0 bridgehead atoms. The Balaban J connectivity index is 2.59. The Kier molecular flexibility index (Phi) is 3.98. The maximum absolute atomic E-state index is 11.7. The molecular formula is C11H5N3O9. The van der Waals surface area contributed by atoms with Crippen molar-refractivity contribution in [2.75, 3.05) is 0 Å². The van der Waals surface area contributed by atoms with E-state index in [-0.39, 0.29) is 5.76 Å². The first-order valence-corrected chi connectivity index (χ1v) is 5.68. The van der Waals surface area contributed by atoms with Crippen molar-refractivity contribution in [1.29, 1.82) is 0 Å². The van der Waals surface area contributed by atoms with E-state index in [9.17, 15) is 35.1 Å². The number of nitro benzene ring substituents is 3. The average molecular weight is 323 g/mol. The van der Waals surface area contributed by atoms with Gasteiger partial charge in [-0.2, -0.15) is 0 Å². The van der Waals surface area contributed by atoms with Gasteiger partial charge in [-0.05, 0) is 12.1 Å². The molecule has 0 spiro atoms. The predicted molar refractivity (Wildman–Crippen MR) is 70.1 cm³/mol. The topological polar surface area (TPSA) is 169 Å². The molecule has 0 saturated carbocycles. The van der Waals surface area contributed by atoms with E-state index in [2.05, 4.69) is 4.74 Å². The van der Waals surface area contributed by atoms with E-state index < -0.39 is 43.6 Å². The number of benzene rings is 1. The Hall–Kier alpha value is -3.83. The standard InChI is InChI=1S/C11H5N3O9/c15-11(9-2-1-3-22-9)23-10-7(13(18)19)4-6(12(16)17)5-8(10)14(20)21/h1-5H. The van der Waals surface area contributed by atoms with Gasteiger partial charge in [0.1, 0.15) is 0 Å². The van der Waals surface area contributed by atoms with Crippen LogP contribution in [-0.4, -0.2) is 20.7 Å². The molecule has 0 fully saturated rings. The molecule has 0 amide bonds. The van der Waals surface area contributed by atoms with Gasteiger partial charge in [0, 0.05) is 0 Å². The van der Waals surface area contributed by atoms with Crippen LogP contribution in [0, 0.1) is 30.3 Å². The van der Waals surface area contributed by atoms with Gasteiger partial charge in [-0.3, -0.25) is 30.3 Å². The van der Waals surface area contributed by atoms with E-state index in [1.807, 2.05) is 0 Å². The highest BCUT2D eigenvalue weighted by molar-refractivity contribution is 5.89. The molecule has 12 heteroatoms. The molecule has 2 rings (SSSR count). The third-order valence-corrected chi connectivity index (χ3v) is 2.56. The van der Waals surface area contributed by atoms with E-state index in [0.29, 0.717) is 12.1 Å². The van der Waals surface area contributed by atoms with Crippen LogP contribution in [0.5, 0.6) is 5.75 Å². The van der Waals surface area contributed by atoms with Crippen molar-refractivity contribution in [3.63, 3.8) is 0 Å². The zero-order valence-corrected chi connectivity index (χ0v) is 10.9. The number of carbonyl (C=O) groups excluding carboxylic acids is 1. The van der Waals surface area contributed by atoms with E-state index >= 15 is 0 Å². The Morgan fingerprint density at radius 3 is 1.96 bits per heavy atom. The van der Waals surface area contributed by atoms with Crippen LogP contribution in [0.2, 0.25) is 0 Å². The van der Waals surface area contributed by atoms with E-state index in [1.54, 1.807) is 0 Å². The maximum Gasteiger partial charge on any atom is 0.380 e. The van der Waals surface area contributed by atoms with Crippen molar-refractivity contribution in [3.8, 4) is 5.75 Å². The summed E-state index contributed by atoms with van der Waals surface area (Å²) in [5.41, 5.74) is -3.07. The molecule has 0 atom stereocenters. The first-order chi connectivity index (χ1) is 10.8. The summed E-state index contributed by atoms with van der Waals surface area (Å²) in [6, 6.07) is 3.41. The summed E-state index contributed by atoms with van der Waals surface area (Å²) in [4.78, 5) is 41.1. The average Bonchev–Trinajstić information content (AvgIpc) is 3.00. The number of ether oxygens (including phenoxy) is 1. The number of nitrogens with zero attached hydrogens (tertiary/aromatic N) is 3. The minimum Gasteiger partial charge on any atom is -0.457 e. The van der Waals surface area contributed by atoms with Gasteiger partial charge in [0.15, 0.2) is 0 Å². The second-order valence-corrected chi connectivity index (χ2v) is 3.95.